The van der Waals surface area contributed by atoms with E-state index in [1.165, 1.54) is 19.2 Å². The van der Waals surface area contributed by atoms with E-state index in [2.05, 4.69) is 4.74 Å². The highest BCUT2D eigenvalue weighted by Gasteiger charge is 2.20. The van der Waals surface area contributed by atoms with E-state index in [4.69, 9.17) is 4.74 Å². The lowest BCUT2D eigenvalue weighted by Crippen LogP contribution is -2.09. The van der Waals surface area contributed by atoms with Gasteiger partial charge in [-0.1, -0.05) is 0 Å². The molecule has 0 bridgehead atoms. The molecule has 0 saturated carbocycles. The van der Waals surface area contributed by atoms with Gasteiger partial charge in [0.05, 0.1) is 19.3 Å². The van der Waals surface area contributed by atoms with Crippen LogP contribution in [0, 0.1) is 6.92 Å². The predicted molar refractivity (Wildman–Crippen MR) is 66.8 cm³/mol. The van der Waals surface area contributed by atoms with Gasteiger partial charge in [0.15, 0.2) is 9.84 Å². The van der Waals surface area contributed by atoms with E-state index < -0.39 is 15.8 Å². The zero-order valence-corrected chi connectivity index (χ0v) is 11.6. The molecular weight excluding hydrogens is 256 g/mol. The van der Waals surface area contributed by atoms with Gasteiger partial charge in [-0.2, -0.15) is 0 Å². The lowest BCUT2D eigenvalue weighted by atomic mass is 10.1. The summed E-state index contributed by atoms with van der Waals surface area (Å²) in [6, 6.07) is 2.83. The van der Waals surface area contributed by atoms with E-state index >= 15 is 0 Å². The lowest BCUT2D eigenvalue weighted by Gasteiger charge is -2.12. The molecule has 100 valence electrons. The topological polar surface area (TPSA) is 69.7 Å². The maximum Gasteiger partial charge on any atom is 0.338 e. The lowest BCUT2D eigenvalue weighted by molar-refractivity contribution is 0.0599. The summed E-state index contributed by atoms with van der Waals surface area (Å²) >= 11 is 0. The number of methoxy groups -OCH3 is 1. The van der Waals surface area contributed by atoms with E-state index in [9.17, 15) is 13.2 Å². The zero-order valence-electron chi connectivity index (χ0n) is 10.8. The average Bonchev–Trinajstić information content (AvgIpc) is 2.27. The van der Waals surface area contributed by atoms with Crippen LogP contribution in [0.25, 0.3) is 0 Å². The Balaban J connectivity index is 3.50. The quantitative estimate of drug-likeness (QED) is 0.778. The fraction of sp³-hybridized carbons (Fsp3) is 0.417. The minimum absolute atomic E-state index is 0.00431. The van der Waals surface area contributed by atoms with Crippen LogP contribution in [0.1, 0.15) is 22.8 Å². The van der Waals surface area contributed by atoms with Gasteiger partial charge in [-0.05, 0) is 31.5 Å². The molecule has 1 rings (SSSR count). The molecule has 0 aromatic heterocycles. The molecule has 1 aromatic carbocycles. The third-order valence-corrected chi connectivity index (χ3v) is 3.51. The highest BCUT2D eigenvalue weighted by molar-refractivity contribution is 7.90. The van der Waals surface area contributed by atoms with E-state index in [0.29, 0.717) is 12.2 Å². The van der Waals surface area contributed by atoms with Crippen molar-refractivity contribution >= 4 is 15.8 Å². The van der Waals surface area contributed by atoms with Crippen LogP contribution in [0.4, 0.5) is 0 Å². The number of carbonyl (C=O) groups is 1. The largest absolute Gasteiger partial charge is 0.493 e. The first-order valence-electron chi connectivity index (χ1n) is 5.37. The summed E-state index contributed by atoms with van der Waals surface area (Å²) in [5.74, 6) is -0.314. The molecule has 0 radical (unpaired) electrons. The molecule has 0 aliphatic carbocycles. The van der Waals surface area contributed by atoms with Gasteiger partial charge in [0.25, 0.3) is 0 Å². The number of hydrogen-bond donors (Lipinski definition) is 0. The van der Waals surface area contributed by atoms with Gasteiger partial charge < -0.3 is 9.47 Å². The van der Waals surface area contributed by atoms with Crippen molar-refractivity contribution in [2.75, 3.05) is 20.0 Å². The van der Waals surface area contributed by atoms with E-state index in [0.717, 1.165) is 6.26 Å². The van der Waals surface area contributed by atoms with Crippen molar-refractivity contribution < 1.29 is 22.7 Å². The summed E-state index contributed by atoms with van der Waals surface area (Å²) < 4.78 is 33.2. The number of ether oxygens (including phenoxy) is 2. The van der Waals surface area contributed by atoms with Crippen LogP contribution in [0.3, 0.4) is 0 Å². The van der Waals surface area contributed by atoms with Gasteiger partial charge in [0.1, 0.15) is 10.6 Å². The van der Waals surface area contributed by atoms with Crippen molar-refractivity contribution in [2.45, 2.75) is 18.7 Å². The maximum atomic E-state index is 11.7. The molecule has 0 N–H and O–H groups in total. The molecule has 0 aliphatic heterocycles. The minimum Gasteiger partial charge on any atom is -0.493 e. The second kappa shape index (κ2) is 5.39. The Hall–Kier alpha value is -1.56. The molecule has 0 spiro atoms. The molecule has 5 nitrogen and oxygen atoms in total. The Morgan fingerprint density at radius 2 is 1.94 bits per heavy atom. The molecule has 0 heterocycles. The summed E-state index contributed by atoms with van der Waals surface area (Å²) in [5, 5.41) is 0. The number of hydrogen-bond acceptors (Lipinski definition) is 5. The van der Waals surface area contributed by atoms with Crippen molar-refractivity contribution in [3.8, 4) is 5.75 Å². The molecule has 18 heavy (non-hydrogen) atoms. The van der Waals surface area contributed by atoms with Crippen molar-refractivity contribution in [3.63, 3.8) is 0 Å². The fourth-order valence-electron chi connectivity index (χ4n) is 1.55. The molecule has 0 aliphatic rings. The SMILES string of the molecule is CCOc1cc(C)c(C(=O)OC)cc1S(C)(=O)=O. The third kappa shape index (κ3) is 3.01. The summed E-state index contributed by atoms with van der Waals surface area (Å²) in [7, 11) is -2.22. The standard InChI is InChI=1S/C12H16O5S/c1-5-17-10-6-8(2)9(12(13)16-3)7-11(10)18(4,14)15/h6-7H,5H2,1-4H3. The first-order valence-corrected chi connectivity index (χ1v) is 7.26. The van der Waals surface area contributed by atoms with Crippen LogP contribution >= 0.6 is 0 Å². The Morgan fingerprint density at radius 3 is 2.39 bits per heavy atom. The number of carbonyl (C=O) groups excluding carboxylic acids is 1. The zero-order chi connectivity index (χ0) is 13.9. The van der Waals surface area contributed by atoms with Gasteiger partial charge in [0.2, 0.25) is 0 Å². The van der Waals surface area contributed by atoms with Crippen molar-refractivity contribution in [3.05, 3.63) is 23.3 Å². The molecule has 6 heteroatoms. The molecule has 0 atom stereocenters. The summed E-state index contributed by atoms with van der Waals surface area (Å²) in [4.78, 5) is 11.5. The van der Waals surface area contributed by atoms with Crippen LogP contribution < -0.4 is 4.74 Å². The molecule has 1 aromatic rings. The summed E-state index contributed by atoms with van der Waals surface area (Å²) in [6.45, 7) is 3.80. The molecule has 0 amide bonds. The first kappa shape index (κ1) is 14.5. The van der Waals surface area contributed by atoms with Crippen molar-refractivity contribution in [2.24, 2.45) is 0 Å². The van der Waals surface area contributed by atoms with Crippen molar-refractivity contribution in [1.82, 2.24) is 0 Å². The van der Waals surface area contributed by atoms with Crippen LogP contribution in [-0.2, 0) is 14.6 Å². The Kier molecular flexibility index (Phi) is 4.34. The van der Waals surface area contributed by atoms with Gasteiger partial charge >= 0.3 is 5.97 Å². The number of sulfone groups is 1. The smallest absolute Gasteiger partial charge is 0.338 e. The van der Waals surface area contributed by atoms with Crippen LogP contribution in [0.5, 0.6) is 5.75 Å². The van der Waals surface area contributed by atoms with Gasteiger partial charge in [-0.15, -0.1) is 0 Å². The average molecular weight is 272 g/mol. The number of aryl methyl sites for hydroxylation is 1. The van der Waals surface area contributed by atoms with Crippen molar-refractivity contribution in [1.29, 1.82) is 0 Å². The van der Waals surface area contributed by atoms with Gasteiger partial charge in [-0.25, -0.2) is 13.2 Å². The normalized spacial score (nSPS) is 11.1. The Labute approximate surface area is 107 Å². The van der Waals surface area contributed by atoms with Gasteiger partial charge in [-0.3, -0.25) is 0 Å². The molecular formula is C12H16O5S. The summed E-state index contributed by atoms with van der Waals surface area (Å²) in [6.07, 6.45) is 1.07. The van der Waals surface area contributed by atoms with E-state index in [-0.39, 0.29) is 16.2 Å². The number of rotatable bonds is 4. The second-order valence-electron chi connectivity index (χ2n) is 3.81. The molecule has 0 saturated heterocycles. The Morgan fingerprint density at radius 1 is 1.33 bits per heavy atom. The van der Waals surface area contributed by atoms with E-state index in [1.54, 1.807) is 13.8 Å². The minimum atomic E-state index is -3.47. The molecule has 0 fully saturated rings. The fourth-order valence-corrected chi connectivity index (χ4v) is 2.36. The highest BCUT2D eigenvalue weighted by atomic mass is 32.2. The van der Waals surface area contributed by atoms with Crippen LogP contribution in [-0.4, -0.2) is 34.4 Å². The maximum absolute atomic E-state index is 11.7. The van der Waals surface area contributed by atoms with Gasteiger partial charge in [0, 0.05) is 6.26 Å². The summed E-state index contributed by atoms with van der Waals surface area (Å²) in [5.41, 5.74) is 0.832. The second-order valence-corrected chi connectivity index (χ2v) is 5.79. The van der Waals surface area contributed by atoms with Crippen LogP contribution in [0.15, 0.2) is 17.0 Å². The predicted octanol–water partition coefficient (Wildman–Crippen LogP) is 1.58. The third-order valence-electron chi connectivity index (χ3n) is 2.40. The monoisotopic (exact) mass is 272 g/mol. The number of esters is 1. The Bertz CT molecular complexity index is 560. The van der Waals surface area contributed by atoms with E-state index in [1.807, 2.05) is 0 Å². The first-order chi connectivity index (χ1) is 8.31. The molecule has 0 unspecified atom stereocenters. The number of benzene rings is 1. The highest BCUT2D eigenvalue weighted by Crippen LogP contribution is 2.28. The van der Waals surface area contributed by atoms with Crippen LogP contribution in [0.2, 0.25) is 0 Å².